The second kappa shape index (κ2) is 20.6. The number of imidazole rings is 1. The highest BCUT2D eigenvalue weighted by molar-refractivity contribution is 7.91. The molecule has 1 aliphatic heterocycles. The molecule has 2 aromatic heterocycles. The van der Waals surface area contributed by atoms with Gasteiger partial charge < -0.3 is 24.2 Å². The van der Waals surface area contributed by atoms with E-state index in [2.05, 4.69) is 23.6 Å². The standard InChI is InChI=1S/C49H40N5O17P3S/c55-47(34-11-4-1-5-12-34)54(48(56)35-13-6-2-7-14-35)46-44-45(50-29-51-46)53(30-52-44)41-27-38(69-49(57)36-15-8-3-9-16-36)39(68-41)28-67-73(60,61)71-74(62,63)70-72(58,59)66-25-26-75(64,65)40-24-22-33-20-19-31-17-10-18-32-21-23-37(40)43(33)42(31)32/h1-24,29-30,38-39,41H,25-28H2,(H,58,59)(H,60,61)(H,62,63). The molecule has 2 amide bonds. The molecule has 1 saturated heterocycles. The van der Waals surface area contributed by atoms with E-state index >= 15 is 0 Å². The van der Waals surface area contributed by atoms with Crippen molar-refractivity contribution in [2.24, 2.45) is 0 Å². The normalized spacial score (nSPS) is 18.4. The lowest BCUT2D eigenvalue weighted by molar-refractivity contribution is -0.0490. The van der Waals surface area contributed by atoms with Crippen LogP contribution >= 0.6 is 23.5 Å². The number of benzene rings is 7. The van der Waals surface area contributed by atoms with E-state index in [1.165, 1.54) is 53.4 Å². The number of hydrogen-bond donors (Lipinski definition) is 3. The molecule has 7 aromatic carbocycles. The Balaban J connectivity index is 0.831. The van der Waals surface area contributed by atoms with Crippen molar-refractivity contribution in [3.63, 3.8) is 0 Å². The van der Waals surface area contributed by atoms with Crippen molar-refractivity contribution in [2.45, 2.75) is 29.8 Å². The largest absolute Gasteiger partial charge is 0.490 e. The third kappa shape index (κ3) is 10.9. The van der Waals surface area contributed by atoms with Crippen LogP contribution < -0.4 is 4.90 Å². The van der Waals surface area contributed by atoms with E-state index in [-0.39, 0.29) is 45.0 Å². The van der Waals surface area contributed by atoms with Gasteiger partial charge in [0, 0.05) is 22.9 Å². The first-order valence-electron chi connectivity index (χ1n) is 22.5. The topological polar surface area (TPSA) is 299 Å². The lowest BCUT2D eigenvalue weighted by atomic mass is 9.94. The molecular formula is C49H40N5O17P3S. The quantitative estimate of drug-likeness (QED) is 0.0313. The first-order valence-corrected chi connectivity index (χ1v) is 28.7. The number of phosphoric acid groups is 3. The average molecular weight is 1100 g/mol. The van der Waals surface area contributed by atoms with E-state index in [1.54, 1.807) is 72.8 Å². The molecule has 26 heteroatoms. The van der Waals surface area contributed by atoms with Crippen LogP contribution in [0.2, 0.25) is 0 Å². The van der Waals surface area contributed by atoms with Gasteiger partial charge in [0.25, 0.3) is 11.8 Å². The van der Waals surface area contributed by atoms with Crippen molar-refractivity contribution < 1.29 is 78.3 Å². The summed E-state index contributed by atoms with van der Waals surface area (Å²) < 4.78 is 97.8. The van der Waals surface area contributed by atoms with E-state index in [9.17, 15) is 51.2 Å². The van der Waals surface area contributed by atoms with Gasteiger partial charge in [0.2, 0.25) is 0 Å². The Labute approximate surface area is 425 Å². The molecule has 22 nitrogen and oxygen atoms in total. The molecule has 9 aromatic rings. The van der Waals surface area contributed by atoms with Crippen molar-refractivity contribution in [1.82, 2.24) is 19.5 Å². The molecule has 10 rings (SSSR count). The summed E-state index contributed by atoms with van der Waals surface area (Å²) >= 11 is 0. The van der Waals surface area contributed by atoms with Gasteiger partial charge in [-0.25, -0.2) is 46.8 Å². The maximum atomic E-state index is 14.1. The molecule has 0 aliphatic carbocycles. The van der Waals surface area contributed by atoms with Gasteiger partial charge in [-0.1, -0.05) is 103 Å². The molecular weight excluding hydrogens is 1060 g/mol. The Morgan fingerprint density at radius 2 is 1.21 bits per heavy atom. The van der Waals surface area contributed by atoms with Crippen LogP contribution in [0.5, 0.6) is 0 Å². The van der Waals surface area contributed by atoms with Gasteiger partial charge in [0.15, 0.2) is 26.8 Å². The Morgan fingerprint density at radius 3 is 1.84 bits per heavy atom. The minimum absolute atomic E-state index is 0.0293. The van der Waals surface area contributed by atoms with Crippen LogP contribution in [0.25, 0.3) is 43.5 Å². The van der Waals surface area contributed by atoms with Gasteiger partial charge in [-0.05, 0) is 69.4 Å². The lowest BCUT2D eigenvalue weighted by Gasteiger charge is -2.22. The number of anilines is 1. The number of hydrogen-bond acceptors (Lipinski definition) is 17. The van der Waals surface area contributed by atoms with Crippen LogP contribution in [0.1, 0.15) is 43.7 Å². The van der Waals surface area contributed by atoms with Crippen LogP contribution in [0.3, 0.4) is 0 Å². The summed E-state index contributed by atoms with van der Waals surface area (Å²) in [4.78, 5) is 86.6. The van der Waals surface area contributed by atoms with E-state index in [4.69, 9.17) is 18.5 Å². The van der Waals surface area contributed by atoms with E-state index in [0.717, 1.165) is 32.8 Å². The fraction of sp³-hybridized carbons (Fsp3) is 0.143. The number of sulfone groups is 1. The number of imide groups is 1. The second-order valence-electron chi connectivity index (χ2n) is 16.8. The van der Waals surface area contributed by atoms with E-state index in [0.29, 0.717) is 10.8 Å². The summed E-state index contributed by atoms with van der Waals surface area (Å²) in [6.07, 6.45) is -1.78. The maximum absolute atomic E-state index is 14.1. The highest BCUT2D eigenvalue weighted by atomic mass is 32.2. The monoisotopic (exact) mass is 1100 g/mol. The van der Waals surface area contributed by atoms with Crippen molar-refractivity contribution in [3.8, 4) is 0 Å². The predicted octanol–water partition coefficient (Wildman–Crippen LogP) is 8.57. The molecule has 1 aliphatic rings. The number of amides is 2. The number of rotatable bonds is 18. The highest BCUT2D eigenvalue weighted by Crippen LogP contribution is 2.67. The molecule has 6 atom stereocenters. The van der Waals surface area contributed by atoms with E-state index < -0.39 is 88.5 Å². The van der Waals surface area contributed by atoms with Crippen molar-refractivity contribution in [3.05, 3.63) is 175 Å². The highest BCUT2D eigenvalue weighted by Gasteiger charge is 2.46. The number of carbonyl (C=O) groups is 3. The Kier molecular flexibility index (Phi) is 14.2. The van der Waals surface area contributed by atoms with Crippen molar-refractivity contribution in [2.75, 3.05) is 23.9 Å². The number of aromatic nitrogens is 4. The zero-order chi connectivity index (χ0) is 52.7. The van der Waals surface area contributed by atoms with Gasteiger partial charge in [0.1, 0.15) is 24.8 Å². The Hall–Kier alpha value is -6.94. The first kappa shape index (κ1) is 51.5. The molecule has 1 fully saturated rings. The minimum atomic E-state index is -6.06. The zero-order valence-corrected chi connectivity index (χ0v) is 42.1. The van der Waals surface area contributed by atoms with Crippen molar-refractivity contribution in [1.29, 1.82) is 0 Å². The molecule has 3 heterocycles. The summed E-state index contributed by atoms with van der Waals surface area (Å²) in [5.41, 5.74) is 0.432. The number of phosphoric ester groups is 2. The molecule has 384 valence electrons. The number of fused-ring (bicyclic) bond motifs is 1. The fourth-order valence-electron chi connectivity index (χ4n) is 8.69. The van der Waals surface area contributed by atoms with Crippen LogP contribution in [-0.4, -0.2) is 91.6 Å². The van der Waals surface area contributed by atoms with Gasteiger partial charge in [-0.2, -0.15) is 8.62 Å². The van der Waals surface area contributed by atoms with Crippen LogP contribution in [0.15, 0.2) is 163 Å². The molecule has 0 saturated carbocycles. The smallest absolute Gasteiger partial charge is 0.456 e. The lowest BCUT2D eigenvalue weighted by Crippen LogP contribution is -2.38. The van der Waals surface area contributed by atoms with Crippen LogP contribution in [-0.2, 0) is 50.7 Å². The molecule has 0 spiro atoms. The first-order chi connectivity index (χ1) is 35.9. The summed E-state index contributed by atoms with van der Waals surface area (Å²) in [5.74, 6) is -3.39. The number of nitrogens with zero attached hydrogens (tertiary/aromatic N) is 5. The minimum Gasteiger partial charge on any atom is -0.456 e. The summed E-state index contributed by atoms with van der Waals surface area (Å²) in [6, 6.07) is 39.6. The predicted molar refractivity (Wildman–Crippen MR) is 269 cm³/mol. The Bertz CT molecular complexity index is 3850. The second-order valence-corrected chi connectivity index (χ2v) is 23.5. The average Bonchev–Trinajstić information content (AvgIpc) is 4.02. The van der Waals surface area contributed by atoms with Crippen LogP contribution in [0.4, 0.5) is 5.82 Å². The van der Waals surface area contributed by atoms with Crippen molar-refractivity contribution >= 4 is 100 Å². The van der Waals surface area contributed by atoms with E-state index in [1.807, 2.05) is 30.3 Å². The SMILES string of the molecule is O=C(OC1CC(n2cnc3c(N(C(=O)c4ccccc4)C(=O)c4ccccc4)ncnc32)OC1COP(=O)(O)OP(=O)(O)OP(=O)(O)OCCS(=O)(=O)c1ccc2ccc3cccc4ccc1c2c34)c1ccccc1. The molecule has 0 radical (unpaired) electrons. The summed E-state index contributed by atoms with van der Waals surface area (Å²) in [5, 5.41) is 4.49. The van der Waals surface area contributed by atoms with Crippen LogP contribution in [0, 0.1) is 0 Å². The molecule has 0 bridgehead atoms. The molecule has 6 unspecified atom stereocenters. The maximum Gasteiger partial charge on any atom is 0.490 e. The fourth-order valence-corrected chi connectivity index (χ4v) is 13.6. The van der Waals surface area contributed by atoms with Gasteiger partial charge >= 0.3 is 29.4 Å². The number of carbonyl (C=O) groups excluding carboxylic acids is 3. The van der Waals surface area contributed by atoms with Gasteiger partial charge in [-0.3, -0.25) is 23.2 Å². The summed E-state index contributed by atoms with van der Waals surface area (Å²) in [7, 11) is -21.8. The van der Waals surface area contributed by atoms with Gasteiger partial charge in [0.05, 0.1) is 35.8 Å². The summed E-state index contributed by atoms with van der Waals surface area (Å²) in [6.45, 7) is -2.03. The third-order valence-corrected chi connectivity index (χ3v) is 18.0. The molecule has 75 heavy (non-hydrogen) atoms. The third-order valence-electron chi connectivity index (χ3n) is 12.0. The van der Waals surface area contributed by atoms with Gasteiger partial charge in [-0.15, -0.1) is 0 Å². The zero-order valence-electron chi connectivity index (χ0n) is 38.6. The number of ether oxygens (including phenoxy) is 2. The molecule has 3 N–H and O–H groups in total. The Morgan fingerprint density at radius 1 is 0.653 bits per heavy atom. The number of esters is 1.